The van der Waals surface area contributed by atoms with Gasteiger partial charge in [-0.3, -0.25) is 38.8 Å². The zero-order chi connectivity index (χ0) is 54.0. The lowest BCUT2D eigenvalue weighted by Crippen LogP contribution is -2.39. The summed E-state index contributed by atoms with van der Waals surface area (Å²) >= 11 is 0. The number of nitrogens with one attached hydrogen (secondary N) is 3. The lowest BCUT2D eigenvalue weighted by molar-refractivity contribution is -0.137. The number of hydrogen-bond acceptors (Lipinski definition) is 15. The third-order valence-electron chi connectivity index (χ3n) is 14.1. The third kappa shape index (κ3) is 12.2. The fraction of sp³-hybridized carbons (Fsp3) is 0.356. The molecule has 5 amide bonds. The molecule has 0 saturated carbocycles. The minimum absolute atomic E-state index is 0.0200. The lowest BCUT2D eigenvalue weighted by Gasteiger charge is -2.22. The van der Waals surface area contributed by atoms with E-state index in [1.54, 1.807) is 37.3 Å². The molecular formula is C59H63N7O12. The van der Waals surface area contributed by atoms with Crippen molar-refractivity contribution in [1.29, 1.82) is 0 Å². The van der Waals surface area contributed by atoms with Gasteiger partial charge in [-0.15, -0.1) is 0 Å². The minimum Gasteiger partial charge on any atom is -0.493 e. The lowest BCUT2D eigenvalue weighted by atomic mass is 10.1. The second kappa shape index (κ2) is 24.9. The van der Waals surface area contributed by atoms with E-state index in [-0.39, 0.29) is 74.5 Å². The molecule has 0 aromatic heterocycles. The topological polar surface area (TPSA) is 208 Å². The van der Waals surface area contributed by atoms with Gasteiger partial charge >= 0.3 is 0 Å². The number of anilines is 3. The second-order valence-electron chi connectivity index (χ2n) is 19.3. The predicted octanol–water partition coefficient (Wildman–Crippen LogP) is 6.11. The number of nitrogens with zero attached hydrogens (tertiary/aromatic N) is 4. The SMILES string of the molecule is COc1cc2c(cc1OCc1cc(COCCOCCOCCNCCCC(=O)NCCN3C(=O)C=CC3=O)cc(COc3cc4c(cc3OC)C(=O)N3c5ccccc5C[C@H]3CN4)c1)N=C[C@@H]1Cc3ccccc3N1C2=O. The Morgan fingerprint density at radius 2 is 1.24 bits per heavy atom. The monoisotopic (exact) mass is 1060 g/mol. The Balaban J connectivity index is 0.731. The highest BCUT2D eigenvalue weighted by Crippen LogP contribution is 2.43. The van der Waals surface area contributed by atoms with Gasteiger partial charge in [0.1, 0.15) is 13.2 Å². The number of ether oxygens (including phenoxy) is 7. The van der Waals surface area contributed by atoms with Gasteiger partial charge in [0.15, 0.2) is 23.0 Å². The van der Waals surface area contributed by atoms with Crippen LogP contribution in [-0.2, 0) is 61.3 Å². The number of benzene rings is 5. The molecule has 0 fully saturated rings. The number of aliphatic imine (C=N–C) groups is 1. The van der Waals surface area contributed by atoms with Crippen molar-refractivity contribution in [3.63, 3.8) is 0 Å². The van der Waals surface area contributed by atoms with Crippen molar-refractivity contribution < 1.29 is 57.1 Å². The van der Waals surface area contributed by atoms with Gasteiger partial charge in [-0.1, -0.05) is 48.5 Å². The molecule has 10 rings (SSSR count). The van der Waals surface area contributed by atoms with Crippen LogP contribution in [0.3, 0.4) is 0 Å². The molecule has 0 radical (unpaired) electrons. The fourth-order valence-electron chi connectivity index (χ4n) is 10.3. The second-order valence-corrected chi connectivity index (χ2v) is 19.3. The summed E-state index contributed by atoms with van der Waals surface area (Å²) in [5.41, 5.74) is 8.72. The van der Waals surface area contributed by atoms with E-state index in [2.05, 4.69) is 22.0 Å². The van der Waals surface area contributed by atoms with Gasteiger partial charge in [0.2, 0.25) is 5.91 Å². The Hall–Kier alpha value is -8.10. The summed E-state index contributed by atoms with van der Waals surface area (Å²) in [7, 11) is 3.11. The molecule has 0 bridgehead atoms. The Morgan fingerprint density at radius 1 is 0.641 bits per heavy atom. The summed E-state index contributed by atoms with van der Waals surface area (Å²) in [5, 5.41) is 9.50. The maximum absolute atomic E-state index is 14.1. The summed E-state index contributed by atoms with van der Waals surface area (Å²) in [6.07, 6.45) is 6.69. The van der Waals surface area contributed by atoms with Crippen molar-refractivity contribution in [3.05, 3.63) is 142 Å². The Labute approximate surface area is 452 Å². The highest BCUT2D eigenvalue weighted by atomic mass is 16.5. The maximum Gasteiger partial charge on any atom is 0.261 e. The molecule has 5 aromatic carbocycles. The van der Waals surface area contributed by atoms with Crippen LogP contribution in [0.5, 0.6) is 23.0 Å². The highest BCUT2D eigenvalue weighted by Gasteiger charge is 2.39. The first kappa shape index (κ1) is 53.3. The number of fused-ring (bicyclic) bond motifs is 8. The van der Waals surface area contributed by atoms with Crippen LogP contribution in [0.15, 0.2) is 108 Å². The minimum atomic E-state index is -0.365. The number of imide groups is 1. The van der Waals surface area contributed by atoms with Crippen molar-refractivity contribution in [2.75, 3.05) is 95.1 Å². The van der Waals surface area contributed by atoms with Crippen LogP contribution in [0.2, 0.25) is 0 Å². The molecule has 0 spiro atoms. The van der Waals surface area contributed by atoms with Crippen molar-refractivity contribution in [3.8, 4) is 23.0 Å². The number of rotatable bonds is 26. The van der Waals surface area contributed by atoms with Gasteiger partial charge in [-0.05, 0) is 77.5 Å². The summed E-state index contributed by atoms with van der Waals surface area (Å²) < 4.78 is 42.2. The van der Waals surface area contributed by atoms with Gasteiger partial charge in [0.25, 0.3) is 23.6 Å². The summed E-state index contributed by atoms with van der Waals surface area (Å²) in [6, 6.07) is 28.8. The van der Waals surface area contributed by atoms with Crippen LogP contribution in [0.1, 0.15) is 61.4 Å². The molecule has 0 saturated heterocycles. The van der Waals surface area contributed by atoms with Gasteiger partial charge < -0.3 is 54.0 Å². The molecule has 3 N–H and O–H groups in total. The molecule has 0 unspecified atom stereocenters. The average molecular weight is 1060 g/mol. The van der Waals surface area contributed by atoms with Gasteiger partial charge in [-0.25, -0.2) is 0 Å². The molecule has 5 aliphatic heterocycles. The van der Waals surface area contributed by atoms with E-state index in [9.17, 15) is 24.0 Å². The van der Waals surface area contributed by atoms with E-state index >= 15 is 0 Å². The van der Waals surface area contributed by atoms with Gasteiger partial charge in [0.05, 0.1) is 88.4 Å². The van der Waals surface area contributed by atoms with E-state index in [1.807, 2.05) is 77.8 Å². The first-order chi connectivity index (χ1) is 38.1. The number of hydrogen-bond donors (Lipinski definition) is 3. The van der Waals surface area contributed by atoms with E-state index in [4.69, 9.17) is 38.2 Å². The van der Waals surface area contributed by atoms with Crippen LogP contribution in [0.4, 0.5) is 22.7 Å². The van der Waals surface area contributed by atoms with Crippen LogP contribution < -0.4 is 44.7 Å². The van der Waals surface area contributed by atoms with Gasteiger partial charge in [-0.2, -0.15) is 0 Å². The Kier molecular flexibility index (Phi) is 17.0. The first-order valence-corrected chi connectivity index (χ1v) is 26.3. The summed E-state index contributed by atoms with van der Waals surface area (Å²) in [5.74, 6) is 0.635. The van der Waals surface area contributed by atoms with Crippen LogP contribution in [0.25, 0.3) is 0 Å². The zero-order valence-electron chi connectivity index (χ0n) is 43.8. The Bertz CT molecular complexity index is 3110. The number of para-hydroxylation sites is 2. The number of carbonyl (C=O) groups excluding carboxylic acids is 5. The van der Waals surface area contributed by atoms with Crippen LogP contribution in [-0.4, -0.2) is 133 Å². The molecule has 2 atom stereocenters. The summed E-state index contributed by atoms with van der Waals surface area (Å²) in [4.78, 5) is 73.1. The normalized spacial score (nSPS) is 16.7. The maximum atomic E-state index is 14.1. The molecule has 19 heteroatoms. The molecule has 19 nitrogen and oxygen atoms in total. The van der Waals surface area contributed by atoms with Crippen LogP contribution >= 0.6 is 0 Å². The van der Waals surface area contributed by atoms with Crippen molar-refractivity contribution in [2.45, 2.75) is 57.6 Å². The smallest absolute Gasteiger partial charge is 0.261 e. The van der Waals surface area contributed by atoms with E-state index in [0.29, 0.717) is 117 Å². The highest BCUT2D eigenvalue weighted by molar-refractivity contribution is 6.15. The van der Waals surface area contributed by atoms with Crippen molar-refractivity contribution in [2.24, 2.45) is 4.99 Å². The third-order valence-corrected chi connectivity index (χ3v) is 14.1. The van der Waals surface area contributed by atoms with Gasteiger partial charge in [0, 0.05) is 80.9 Å². The Morgan fingerprint density at radius 3 is 1.95 bits per heavy atom. The van der Waals surface area contributed by atoms with Crippen molar-refractivity contribution in [1.82, 2.24) is 15.5 Å². The average Bonchev–Trinajstić information content (AvgIpc) is 4.12. The summed E-state index contributed by atoms with van der Waals surface area (Å²) in [6.45, 7) is 4.78. The zero-order valence-corrected chi connectivity index (χ0v) is 43.8. The molecule has 78 heavy (non-hydrogen) atoms. The molecule has 5 heterocycles. The van der Waals surface area contributed by atoms with Crippen LogP contribution in [0, 0.1) is 0 Å². The van der Waals surface area contributed by atoms with Crippen molar-refractivity contribution >= 4 is 58.5 Å². The quantitative estimate of drug-likeness (QED) is 0.0422. The molecule has 5 aliphatic rings. The largest absolute Gasteiger partial charge is 0.493 e. The molecule has 406 valence electrons. The number of carbonyl (C=O) groups is 5. The van der Waals surface area contributed by atoms with E-state index in [0.717, 1.165) is 50.5 Å². The molecule has 5 aromatic rings. The first-order valence-electron chi connectivity index (χ1n) is 26.3. The molecular weight excluding hydrogens is 999 g/mol. The predicted molar refractivity (Wildman–Crippen MR) is 291 cm³/mol. The van der Waals surface area contributed by atoms with E-state index in [1.165, 1.54) is 12.2 Å². The molecule has 0 aliphatic carbocycles. The number of amides is 5. The van der Waals surface area contributed by atoms with E-state index < -0.39 is 0 Å². The standard InChI is InChI=1S/C59H63N7O12/c1-72-51-29-45-47(62-33-43-27-41-8-3-5-10-49(41)65(43)58(45)70)31-53(51)77-36-39-24-38(35-76-23-22-75-21-20-74-19-17-60-15-7-12-55(67)61-16-18-64-56(68)13-14-57(64)69)25-40(26-39)37-78-54-32-48-46(30-52(54)73-2)59(71)66-44(34-63-48)28-42-9-4-6-11-50(42)66/h3-6,8-11,13-14,24-26,29-33,43-44,60,63H,7,12,15-23,27-28,34-37H2,1-2H3,(H,61,67)/t43-,44-/m0/s1. The number of methoxy groups -OCH3 is 2. The fourth-order valence-corrected chi connectivity index (χ4v) is 10.3.